The van der Waals surface area contributed by atoms with E-state index in [2.05, 4.69) is 16.2 Å². The van der Waals surface area contributed by atoms with E-state index in [0.29, 0.717) is 11.8 Å². The average molecular weight is 294 g/mol. The van der Waals surface area contributed by atoms with Crippen molar-refractivity contribution in [3.05, 3.63) is 30.1 Å². The van der Waals surface area contributed by atoms with Crippen molar-refractivity contribution < 1.29 is 4.74 Å². The maximum Gasteiger partial charge on any atom is 0.152 e. The zero-order valence-corrected chi connectivity index (χ0v) is 12.7. The molecule has 1 fully saturated rings. The molecule has 0 N–H and O–H groups in total. The molecule has 1 saturated heterocycles. The molecule has 3 rings (SSSR count). The lowest BCUT2D eigenvalue weighted by Crippen LogP contribution is -2.44. The van der Waals surface area contributed by atoms with Crippen molar-refractivity contribution >= 4 is 23.1 Å². The number of rotatable bonds is 3. The molecule has 0 bridgehead atoms. The minimum Gasteiger partial charge on any atom is -0.379 e. The molecule has 0 aliphatic carbocycles. The zero-order valence-electron chi connectivity index (χ0n) is 11.9. The van der Waals surface area contributed by atoms with Crippen molar-refractivity contribution in [3.8, 4) is 0 Å². The number of imidazole rings is 1. The van der Waals surface area contributed by atoms with E-state index in [1.165, 1.54) is 0 Å². The van der Waals surface area contributed by atoms with Crippen molar-refractivity contribution in [1.29, 1.82) is 0 Å². The largest absolute Gasteiger partial charge is 0.379 e. The summed E-state index contributed by atoms with van der Waals surface area (Å²) in [5.41, 5.74) is 2.01. The first-order valence-corrected chi connectivity index (χ1v) is 7.57. The summed E-state index contributed by atoms with van der Waals surface area (Å²) in [6.07, 6.45) is 3.40. The Kier molecular flexibility index (Phi) is 3.85. The van der Waals surface area contributed by atoms with Gasteiger partial charge in [-0.3, -0.25) is 0 Å². The van der Waals surface area contributed by atoms with E-state index in [0.717, 1.165) is 36.7 Å². The van der Waals surface area contributed by atoms with Gasteiger partial charge in [-0.05, 0) is 24.5 Å². The van der Waals surface area contributed by atoms with Gasteiger partial charge in [0, 0.05) is 26.4 Å². The number of aromatic nitrogens is 2. The summed E-state index contributed by atoms with van der Waals surface area (Å²) in [5.74, 6) is 2.05. The van der Waals surface area contributed by atoms with E-state index in [4.69, 9.17) is 21.3 Å². The van der Waals surface area contributed by atoms with Crippen LogP contribution in [0.4, 0.5) is 5.82 Å². The number of anilines is 1. The van der Waals surface area contributed by atoms with Gasteiger partial charge < -0.3 is 14.0 Å². The molecule has 0 amide bonds. The first-order chi connectivity index (χ1) is 9.74. The number of halogens is 1. The molecule has 2 aromatic rings. The topological polar surface area (TPSA) is 29.8 Å². The van der Waals surface area contributed by atoms with Crippen LogP contribution in [-0.2, 0) is 10.6 Å². The highest BCUT2D eigenvalue weighted by Gasteiger charge is 2.28. The van der Waals surface area contributed by atoms with Gasteiger partial charge in [0.25, 0.3) is 0 Å². The number of hydrogen-bond acceptors (Lipinski definition) is 3. The van der Waals surface area contributed by atoms with Gasteiger partial charge in [-0.1, -0.05) is 13.0 Å². The van der Waals surface area contributed by atoms with Gasteiger partial charge in [-0.25, -0.2) is 4.98 Å². The molecule has 1 aliphatic rings. The molecular formula is C15H20ClN3O. The normalized spacial score (nSPS) is 23.4. The first-order valence-electron chi connectivity index (χ1n) is 7.04. The fraction of sp³-hybridized carbons (Fsp3) is 0.533. The van der Waals surface area contributed by atoms with E-state index >= 15 is 0 Å². The SMILES string of the molecule is COC1CN(c2nc3ccccn3c2CCl)CCC1C. The standard InChI is InChI=1S/C15H20ClN3O/c1-11-6-8-18(10-13(11)20-2)15-12(9-16)19-7-4-3-5-14(19)17-15/h3-5,7,11,13H,6,8-10H2,1-2H3. The van der Waals surface area contributed by atoms with Crippen LogP contribution in [0.25, 0.3) is 5.65 Å². The monoisotopic (exact) mass is 293 g/mol. The van der Waals surface area contributed by atoms with E-state index in [9.17, 15) is 0 Å². The predicted molar refractivity (Wildman–Crippen MR) is 81.5 cm³/mol. The van der Waals surface area contributed by atoms with E-state index < -0.39 is 0 Å². The van der Waals surface area contributed by atoms with Crippen LogP contribution in [0.5, 0.6) is 0 Å². The van der Waals surface area contributed by atoms with Crippen LogP contribution in [-0.4, -0.2) is 35.7 Å². The summed E-state index contributed by atoms with van der Waals surface area (Å²) in [4.78, 5) is 7.05. The van der Waals surface area contributed by atoms with Crippen LogP contribution in [0.2, 0.25) is 0 Å². The third-order valence-electron chi connectivity index (χ3n) is 4.23. The quantitative estimate of drug-likeness (QED) is 0.815. The lowest BCUT2D eigenvalue weighted by Gasteiger charge is -2.36. The van der Waals surface area contributed by atoms with Crippen LogP contribution < -0.4 is 4.90 Å². The number of methoxy groups -OCH3 is 1. The number of pyridine rings is 1. The number of piperidine rings is 1. The third-order valence-corrected chi connectivity index (χ3v) is 4.48. The number of nitrogens with zero attached hydrogens (tertiary/aromatic N) is 3. The summed E-state index contributed by atoms with van der Waals surface area (Å²) in [5, 5.41) is 0. The lowest BCUT2D eigenvalue weighted by molar-refractivity contribution is 0.0496. The molecule has 0 saturated carbocycles. The van der Waals surface area contributed by atoms with Gasteiger partial charge in [0.2, 0.25) is 0 Å². The predicted octanol–water partition coefficient (Wildman–Crippen LogP) is 2.93. The number of alkyl halides is 1. The first kappa shape index (κ1) is 13.7. The van der Waals surface area contributed by atoms with Gasteiger partial charge in [-0.2, -0.15) is 0 Å². The molecule has 2 aromatic heterocycles. The number of hydrogen-bond donors (Lipinski definition) is 0. The highest BCUT2D eigenvalue weighted by molar-refractivity contribution is 6.17. The van der Waals surface area contributed by atoms with E-state index in [-0.39, 0.29) is 6.10 Å². The van der Waals surface area contributed by atoms with Gasteiger partial charge in [0.15, 0.2) is 5.82 Å². The Morgan fingerprint density at radius 2 is 2.30 bits per heavy atom. The summed E-state index contributed by atoms with van der Waals surface area (Å²) in [6, 6.07) is 6.02. The molecule has 20 heavy (non-hydrogen) atoms. The zero-order chi connectivity index (χ0) is 14.1. The molecule has 2 unspecified atom stereocenters. The Morgan fingerprint density at radius 1 is 1.45 bits per heavy atom. The minimum atomic E-state index is 0.261. The van der Waals surface area contributed by atoms with Crippen LogP contribution in [0.3, 0.4) is 0 Å². The van der Waals surface area contributed by atoms with Crippen molar-refractivity contribution in [2.75, 3.05) is 25.1 Å². The summed E-state index contributed by atoms with van der Waals surface area (Å²) < 4.78 is 7.67. The van der Waals surface area contributed by atoms with Crippen LogP contribution in [0.1, 0.15) is 19.0 Å². The average Bonchev–Trinajstić information content (AvgIpc) is 2.86. The fourth-order valence-corrected chi connectivity index (χ4v) is 3.19. The molecular weight excluding hydrogens is 274 g/mol. The Hall–Kier alpha value is -1.26. The van der Waals surface area contributed by atoms with Crippen molar-refractivity contribution in [2.24, 2.45) is 5.92 Å². The molecule has 0 spiro atoms. The van der Waals surface area contributed by atoms with Crippen LogP contribution >= 0.6 is 11.6 Å². The van der Waals surface area contributed by atoms with Crippen molar-refractivity contribution in [1.82, 2.24) is 9.38 Å². The van der Waals surface area contributed by atoms with Crippen molar-refractivity contribution in [2.45, 2.75) is 25.3 Å². The second-order valence-corrected chi connectivity index (χ2v) is 5.70. The summed E-state index contributed by atoms with van der Waals surface area (Å²) >= 11 is 6.15. The minimum absolute atomic E-state index is 0.261. The number of fused-ring (bicyclic) bond motifs is 1. The second-order valence-electron chi connectivity index (χ2n) is 5.43. The summed E-state index contributed by atoms with van der Waals surface area (Å²) in [6.45, 7) is 4.14. The van der Waals surface area contributed by atoms with Gasteiger partial charge >= 0.3 is 0 Å². The molecule has 0 aromatic carbocycles. The molecule has 2 atom stereocenters. The Bertz CT molecular complexity index is 598. The maximum atomic E-state index is 6.15. The fourth-order valence-electron chi connectivity index (χ4n) is 2.94. The van der Waals surface area contributed by atoms with Crippen molar-refractivity contribution in [3.63, 3.8) is 0 Å². The van der Waals surface area contributed by atoms with Crippen LogP contribution in [0.15, 0.2) is 24.4 Å². The molecule has 1 aliphatic heterocycles. The molecule has 108 valence electrons. The van der Waals surface area contributed by atoms with Gasteiger partial charge in [0.1, 0.15) is 5.65 Å². The highest BCUT2D eigenvalue weighted by atomic mass is 35.5. The van der Waals surface area contributed by atoms with Crippen LogP contribution in [0, 0.1) is 5.92 Å². The third kappa shape index (κ3) is 2.27. The Labute approximate surface area is 124 Å². The molecule has 4 nitrogen and oxygen atoms in total. The van der Waals surface area contributed by atoms with E-state index in [1.54, 1.807) is 7.11 Å². The Morgan fingerprint density at radius 3 is 3.05 bits per heavy atom. The summed E-state index contributed by atoms with van der Waals surface area (Å²) in [7, 11) is 1.79. The smallest absolute Gasteiger partial charge is 0.152 e. The molecule has 5 heteroatoms. The highest BCUT2D eigenvalue weighted by Crippen LogP contribution is 2.28. The van der Waals surface area contributed by atoms with E-state index in [1.807, 2.05) is 24.4 Å². The van der Waals surface area contributed by atoms with Gasteiger partial charge in [-0.15, -0.1) is 11.6 Å². The van der Waals surface area contributed by atoms with Gasteiger partial charge in [0.05, 0.1) is 17.7 Å². The second kappa shape index (κ2) is 5.62. The maximum absolute atomic E-state index is 6.15. The molecule has 3 heterocycles. The number of ether oxygens (including phenoxy) is 1. The molecule has 0 radical (unpaired) electrons. The lowest BCUT2D eigenvalue weighted by atomic mass is 9.96. The Balaban J connectivity index is 1.97.